The summed E-state index contributed by atoms with van der Waals surface area (Å²) in [7, 11) is 0. The number of halogens is 1. The number of nitrogens with two attached hydrogens (primary N) is 1. The summed E-state index contributed by atoms with van der Waals surface area (Å²) in [6.07, 6.45) is 2.61. The summed E-state index contributed by atoms with van der Waals surface area (Å²) in [5.74, 6) is 0. The summed E-state index contributed by atoms with van der Waals surface area (Å²) >= 11 is 0. The number of hydrogen-bond acceptors (Lipinski definition) is 2. The molecule has 0 aromatic rings. The summed E-state index contributed by atoms with van der Waals surface area (Å²) in [4.78, 5) is 0. The molecule has 0 radical (unpaired) electrons. The van der Waals surface area contributed by atoms with Gasteiger partial charge >= 0.3 is 0 Å². The molecule has 0 aliphatic heterocycles. The van der Waals surface area contributed by atoms with E-state index in [1.54, 1.807) is 0 Å². The van der Waals surface area contributed by atoms with E-state index in [-0.39, 0.29) is 24.6 Å². The monoisotopic (exact) mass is 137 g/mol. The van der Waals surface area contributed by atoms with Gasteiger partial charge in [-0.25, -0.2) is 0 Å². The molecule has 1 aliphatic carbocycles. The van der Waals surface area contributed by atoms with Crippen LogP contribution in [0.4, 0.5) is 0 Å². The molecule has 0 spiro atoms. The van der Waals surface area contributed by atoms with E-state index in [0.717, 1.165) is 19.3 Å². The minimum Gasteiger partial charge on any atom is -0.393 e. The van der Waals surface area contributed by atoms with Gasteiger partial charge in [0.15, 0.2) is 0 Å². The Morgan fingerprint density at radius 3 is 2.12 bits per heavy atom. The van der Waals surface area contributed by atoms with Crippen LogP contribution in [0.3, 0.4) is 0 Å². The molecule has 1 saturated carbocycles. The quantitative estimate of drug-likeness (QED) is 0.504. The van der Waals surface area contributed by atoms with Crippen LogP contribution in [0, 0.1) is 0 Å². The first-order valence-electron chi connectivity index (χ1n) is 2.72. The Bertz CT molecular complexity index is 61.4. The minimum absolute atomic E-state index is 0. The lowest BCUT2D eigenvalue weighted by Crippen LogP contribution is -2.15. The first-order chi connectivity index (χ1) is 3.29. The second-order valence-electron chi connectivity index (χ2n) is 2.23. The first-order valence-corrected chi connectivity index (χ1v) is 2.72. The molecule has 1 rings (SSSR count). The zero-order chi connectivity index (χ0) is 5.28. The molecule has 2 atom stereocenters. The molecule has 0 heterocycles. The molecule has 8 heavy (non-hydrogen) atoms. The lowest BCUT2D eigenvalue weighted by Gasteiger charge is -1.96. The van der Waals surface area contributed by atoms with Crippen LogP contribution in [-0.4, -0.2) is 17.3 Å². The average Bonchev–Trinajstić information content (AvgIpc) is 1.87. The Morgan fingerprint density at radius 2 is 2.00 bits per heavy atom. The van der Waals surface area contributed by atoms with Crippen LogP contribution in [0.25, 0.3) is 0 Å². The molecule has 0 unspecified atom stereocenters. The van der Waals surface area contributed by atoms with Gasteiger partial charge in [0.1, 0.15) is 0 Å². The third-order valence-corrected chi connectivity index (χ3v) is 1.45. The number of aliphatic hydroxyl groups is 1. The number of aliphatic hydroxyl groups excluding tert-OH is 1. The summed E-state index contributed by atoms with van der Waals surface area (Å²) < 4.78 is 0. The normalized spacial score (nSPS) is 36.8. The highest BCUT2D eigenvalue weighted by Crippen LogP contribution is 2.15. The van der Waals surface area contributed by atoms with Crippen molar-refractivity contribution in [2.75, 3.05) is 0 Å². The van der Waals surface area contributed by atoms with Gasteiger partial charge in [0, 0.05) is 6.04 Å². The Kier molecular flexibility index (Phi) is 3.36. The second-order valence-corrected chi connectivity index (χ2v) is 2.23. The molecule has 1 aliphatic rings. The standard InChI is InChI=1S/C5H11NO.ClH/c6-4-1-2-5(7)3-4;/h4-5,7H,1-3,6H2;1H/t4-,5+;/m1./s1. The third-order valence-electron chi connectivity index (χ3n) is 1.45. The maximum absolute atomic E-state index is 8.82. The first kappa shape index (κ1) is 8.21. The highest BCUT2D eigenvalue weighted by Gasteiger charge is 2.18. The molecule has 0 aromatic heterocycles. The van der Waals surface area contributed by atoms with Crippen molar-refractivity contribution in [3.8, 4) is 0 Å². The van der Waals surface area contributed by atoms with E-state index < -0.39 is 0 Å². The topological polar surface area (TPSA) is 46.2 Å². The van der Waals surface area contributed by atoms with Gasteiger partial charge in [0.05, 0.1) is 6.10 Å². The van der Waals surface area contributed by atoms with E-state index in [1.807, 2.05) is 0 Å². The highest BCUT2D eigenvalue weighted by molar-refractivity contribution is 5.85. The number of hydrogen-bond donors (Lipinski definition) is 2. The maximum atomic E-state index is 8.82. The average molecular weight is 138 g/mol. The molecule has 1 fully saturated rings. The van der Waals surface area contributed by atoms with Crippen LogP contribution in [0.5, 0.6) is 0 Å². The van der Waals surface area contributed by atoms with Gasteiger partial charge in [-0.3, -0.25) is 0 Å². The van der Waals surface area contributed by atoms with Gasteiger partial charge in [-0.2, -0.15) is 0 Å². The fourth-order valence-electron chi connectivity index (χ4n) is 0.992. The SMILES string of the molecule is Cl.N[C@@H]1CC[C@H](O)C1. The zero-order valence-electron chi connectivity index (χ0n) is 4.71. The van der Waals surface area contributed by atoms with Crippen molar-refractivity contribution in [2.45, 2.75) is 31.4 Å². The van der Waals surface area contributed by atoms with Gasteiger partial charge in [0.2, 0.25) is 0 Å². The smallest absolute Gasteiger partial charge is 0.0555 e. The molecule has 3 heteroatoms. The molecular formula is C5H12ClNO. The molecule has 0 amide bonds. The Balaban J connectivity index is 0.000000490. The fraction of sp³-hybridized carbons (Fsp3) is 1.00. The number of rotatable bonds is 0. The van der Waals surface area contributed by atoms with Gasteiger partial charge in [-0.1, -0.05) is 0 Å². The van der Waals surface area contributed by atoms with Gasteiger partial charge in [-0.05, 0) is 19.3 Å². The van der Waals surface area contributed by atoms with E-state index in [4.69, 9.17) is 10.8 Å². The van der Waals surface area contributed by atoms with Crippen molar-refractivity contribution in [1.82, 2.24) is 0 Å². The maximum Gasteiger partial charge on any atom is 0.0555 e. The summed E-state index contributed by atoms with van der Waals surface area (Å²) in [6.45, 7) is 0. The zero-order valence-corrected chi connectivity index (χ0v) is 5.53. The van der Waals surface area contributed by atoms with Crippen LogP contribution in [0.15, 0.2) is 0 Å². The van der Waals surface area contributed by atoms with Crippen LogP contribution in [0.1, 0.15) is 19.3 Å². The second kappa shape index (κ2) is 3.28. The molecule has 2 nitrogen and oxygen atoms in total. The molecule has 0 bridgehead atoms. The van der Waals surface area contributed by atoms with E-state index in [1.165, 1.54) is 0 Å². The summed E-state index contributed by atoms with van der Waals surface area (Å²) in [5.41, 5.74) is 5.47. The predicted molar refractivity (Wildman–Crippen MR) is 35.1 cm³/mol. The predicted octanol–water partition coefficient (Wildman–Crippen LogP) is 0.280. The fourth-order valence-corrected chi connectivity index (χ4v) is 0.992. The van der Waals surface area contributed by atoms with Gasteiger partial charge in [-0.15, -0.1) is 12.4 Å². The molecule has 0 saturated heterocycles. The van der Waals surface area contributed by atoms with Crippen LogP contribution in [0.2, 0.25) is 0 Å². The third kappa shape index (κ3) is 1.99. The largest absolute Gasteiger partial charge is 0.393 e. The minimum atomic E-state index is -0.102. The summed E-state index contributed by atoms with van der Waals surface area (Å²) in [5, 5.41) is 8.82. The Labute approximate surface area is 55.5 Å². The van der Waals surface area contributed by atoms with Crippen molar-refractivity contribution in [3.63, 3.8) is 0 Å². The molecular weight excluding hydrogens is 126 g/mol. The van der Waals surface area contributed by atoms with E-state index in [0.29, 0.717) is 0 Å². The van der Waals surface area contributed by atoms with E-state index in [2.05, 4.69) is 0 Å². The lowest BCUT2D eigenvalue weighted by molar-refractivity contribution is 0.181. The van der Waals surface area contributed by atoms with Crippen molar-refractivity contribution in [3.05, 3.63) is 0 Å². The van der Waals surface area contributed by atoms with E-state index in [9.17, 15) is 0 Å². The molecule has 50 valence electrons. The lowest BCUT2D eigenvalue weighted by atomic mass is 10.3. The summed E-state index contributed by atoms with van der Waals surface area (Å²) in [6, 6.07) is 0.273. The van der Waals surface area contributed by atoms with Crippen molar-refractivity contribution in [2.24, 2.45) is 5.73 Å². The van der Waals surface area contributed by atoms with Crippen LogP contribution < -0.4 is 5.73 Å². The van der Waals surface area contributed by atoms with Crippen molar-refractivity contribution in [1.29, 1.82) is 0 Å². The van der Waals surface area contributed by atoms with Gasteiger partial charge in [0.25, 0.3) is 0 Å². The Hall–Kier alpha value is 0.210. The van der Waals surface area contributed by atoms with Crippen LogP contribution in [-0.2, 0) is 0 Å². The molecule has 0 aromatic carbocycles. The highest BCUT2D eigenvalue weighted by atomic mass is 35.5. The molecule has 3 N–H and O–H groups in total. The van der Waals surface area contributed by atoms with Crippen LogP contribution >= 0.6 is 12.4 Å². The van der Waals surface area contributed by atoms with E-state index >= 15 is 0 Å². The van der Waals surface area contributed by atoms with Crippen molar-refractivity contribution < 1.29 is 5.11 Å². The Morgan fingerprint density at radius 1 is 1.38 bits per heavy atom. The van der Waals surface area contributed by atoms with Crippen molar-refractivity contribution >= 4 is 12.4 Å². The van der Waals surface area contributed by atoms with Gasteiger partial charge < -0.3 is 10.8 Å².